The van der Waals surface area contributed by atoms with E-state index < -0.39 is 42.3 Å². The number of hydrogen-bond acceptors (Lipinski definition) is 6. The van der Waals surface area contributed by atoms with E-state index in [4.69, 9.17) is 4.74 Å². The molecule has 0 aromatic heterocycles. The van der Waals surface area contributed by atoms with Crippen molar-refractivity contribution in [3.05, 3.63) is 95.1 Å². The fourth-order valence-corrected chi connectivity index (χ4v) is 6.91. The van der Waals surface area contributed by atoms with Gasteiger partial charge in [0, 0.05) is 30.1 Å². The Morgan fingerprint density at radius 3 is 1.57 bits per heavy atom. The van der Waals surface area contributed by atoms with E-state index in [-0.39, 0.29) is 29.6 Å². The summed E-state index contributed by atoms with van der Waals surface area (Å²) in [5, 5.41) is 5.28. The zero-order chi connectivity index (χ0) is 29.7. The number of hydrogen-bond donors (Lipinski definition) is 2. The standard InChI is InChI=1S/C33H31N3O6/c1-17(2)30(33(41)42-16-25(38)35-20-14-12-19(13-15-20)34-18(3)37)36-31(39)28-26-21-8-4-5-9-22(21)27(29(28)32(36)40)24-11-7-6-10-23(24)26/h4-15,17,26-30H,16H2,1-3H3,(H,34,37)(H,35,38)/t26?,27?,28-,29+,30-/m1/s1. The van der Waals surface area contributed by atoms with Gasteiger partial charge in [0.25, 0.3) is 5.91 Å². The van der Waals surface area contributed by atoms with Crippen molar-refractivity contribution in [1.29, 1.82) is 0 Å². The van der Waals surface area contributed by atoms with Crippen LogP contribution in [0.1, 0.15) is 54.9 Å². The molecule has 0 spiro atoms. The van der Waals surface area contributed by atoms with Crippen LogP contribution in [-0.2, 0) is 28.7 Å². The lowest BCUT2D eigenvalue weighted by molar-refractivity contribution is -0.162. The van der Waals surface area contributed by atoms with E-state index >= 15 is 0 Å². The molecular weight excluding hydrogens is 534 g/mol. The number of ether oxygens (including phenoxy) is 1. The Bertz CT molecular complexity index is 1500. The molecule has 2 N–H and O–H groups in total. The Kier molecular flexibility index (Phi) is 6.88. The first-order valence-electron chi connectivity index (χ1n) is 14.1. The van der Waals surface area contributed by atoms with Crippen LogP contribution in [0.5, 0.6) is 0 Å². The van der Waals surface area contributed by atoms with Gasteiger partial charge in [0.2, 0.25) is 17.7 Å². The highest BCUT2D eigenvalue weighted by atomic mass is 16.5. The van der Waals surface area contributed by atoms with Crippen molar-refractivity contribution in [3.8, 4) is 0 Å². The lowest BCUT2D eigenvalue weighted by Gasteiger charge is -2.45. The minimum atomic E-state index is -1.16. The normalized spacial score (nSPS) is 22.2. The number of rotatable bonds is 7. The molecular formula is C33H31N3O6. The Morgan fingerprint density at radius 1 is 0.738 bits per heavy atom. The number of carbonyl (C=O) groups excluding carboxylic acids is 5. The van der Waals surface area contributed by atoms with Gasteiger partial charge in [-0.05, 0) is 52.4 Å². The summed E-state index contributed by atoms with van der Waals surface area (Å²) in [7, 11) is 0. The van der Waals surface area contributed by atoms with Gasteiger partial charge >= 0.3 is 5.97 Å². The molecule has 42 heavy (non-hydrogen) atoms. The molecule has 1 fully saturated rings. The van der Waals surface area contributed by atoms with Gasteiger partial charge in [-0.25, -0.2) is 4.79 Å². The topological polar surface area (TPSA) is 122 Å². The molecule has 9 nitrogen and oxygen atoms in total. The highest BCUT2D eigenvalue weighted by Crippen LogP contribution is 2.61. The largest absolute Gasteiger partial charge is 0.454 e. The molecule has 3 atom stereocenters. The van der Waals surface area contributed by atoms with E-state index in [1.165, 1.54) is 6.92 Å². The Morgan fingerprint density at radius 2 is 1.17 bits per heavy atom. The zero-order valence-corrected chi connectivity index (χ0v) is 23.5. The van der Waals surface area contributed by atoms with Gasteiger partial charge in [-0.3, -0.25) is 24.1 Å². The third kappa shape index (κ3) is 4.45. The minimum Gasteiger partial charge on any atom is -0.454 e. The molecule has 0 unspecified atom stereocenters. The molecule has 4 amide bonds. The molecule has 9 heteroatoms. The van der Waals surface area contributed by atoms with Crippen LogP contribution in [0.2, 0.25) is 0 Å². The third-order valence-corrected chi connectivity index (χ3v) is 8.47. The van der Waals surface area contributed by atoms with Crippen molar-refractivity contribution >= 4 is 41.0 Å². The summed E-state index contributed by atoms with van der Waals surface area (Å²) in [5.74, 6) is -4.53. The Balaban J connectivity index is 1.20. The van der Waals surface area contributed by atoms with Gasteiger partial charge in [-0.1, -0.05) is 62.4 Å². The van der Waals surface area contributed by atoms with Gasteiger partial charge in [-0.15, -0.1) is 0 Å². The quantitative estimate of drug-likeness (QED) is 0.329. The Labute approximate surface area is 243 Å². The average Bonchev–Trinajstić information content (AvgIpc) is 3.23. The van der Waals surface area contributed by atoms with Crippen molar-refractivity contribution in [2.45, 2.75) is 38.6 Å². The first-order chi connectivity index (χ1) is 20.2. The molecule has 4 aliphatic rings. The summed E-state index contributed by atoms with van der Waals surface area (Å²) in [6, 6.07) is 21.2. The highest BCUT2D eigenvalue weighted by Gasteiger charge is 2.63. The number of anilines is 2. The molecule has 7 rings (SSSR count). The number of nitrogens with one attached hydrogen (secondary N) is 2. The van der Waals surface area contributed by atoms with E-state index in [0.717, 1.165) is 27.2 Å². The van der Waals surface area contributed by atoms with Crippen molar-refractivity contribution < 1.29 is 28.7 Å². The SMILES string of the molecule is CC(=O)Nc1ccc(NC(=O)COC(=O)[C@@H](C(C)C)N2C(=O)[C@@H]3C4c5ccccc5C(c5ccccc54)[C@@H]3C2=O)cc1. The summed E-state index contributed by atoms with van der Waals surface area (Å²) < 4.78 is 5.38. The van der Waals surface area contributed by atoms with Crippen LogP contribution in [0.25, 0.3) is 0 Å². The van der Waals surface area contributed by atoms with Gasteiger partial charge in [-0.2, -0.15) is 0 Å². The van der Waals surface area contributed by atoms with Crippen molar-refractivity contribution in [3.63, 3.8) is 0 Å². The molecule has 1 heterocycles. The summed E-state index contributed by atoms with van der Waals surface area (Å²) >= 11 is 0. The van der Waals surface area contributed by atoms with Gasteiger partial charge in [0.05, 0.1) is 11.8 Å². The highest BCUT2D eigenvalue weighted by molar-refractivity contribution is 6.10. The smallest absolute Gasteiger partial charge is 0.330 e. The van der Waals surface area contributed by atoms with Crippen molar-refractivity contribution in [1.82, 2.24) is 4.90 Å². The summed E-state index contributed by atoms with van der Waals surface area (Å²) in [5.41, 5.74) is 5.24. The third-order valence-electron chi connectivity index (χ3n) is 8.47. The predicted molar refractivity (Wildman–Crippen MR) is 154 cm³/mol. The molecule has 0 saturated carbocycles. The molecule has 2 bridgehead atoms. The average molecular weight is 566 g/mol. The molecule has 1 aliphatic heterocycles. The van der Waals surface area contributed by atoms with Crippen LogP contribution in [0.15, 0.2) is 72.8 Å². The van der Waals surface area contributed by atoms with Crippen LogP contribution in [-0.4, -0.2) is 47.1 Å². The van der Waals surface area contributed by atoms with Crippen molar-refractivity contribution in [2.75, 3.05) is 17.2 Å². The lowest BCUT2D eigenvalue weighted by Crippen LogP contribution is -2.49. The van der Waals surface area contributed by atoms with E-state index in [1.54, 1.807) is 38.1 Å². The molecule has 3 aliphatic carbocycles. The fourth-order valence-electron chi connectivity index (χ4n) is 6.91. The van der Waals surface area contributed by atoms with Crippen LogP contribution in [0.3, 0.4) is 0 Å². The Hall–Kier alpha value is -4.79. The van der Waals surface area contributed by atoms with Gasteiger partial charge in [0.15, 0.2) is 6.61 Å². The second-order valence-corrected chi connectivity index (χ2v) is 11.4. The molecule has 214 valence electrons. The van der Waals surface area contributed by atoms with E-state index in [2.05, 4.69) is 10.6 Å². The monoisotopic (exact) mass is 565 g/mol. The number of carbonyl (C=O) groups is 5. The van der Waals surface area contributed by atoms with E-state index in [0.29, 0.717) is 11.4 Å². The second kappa shape index (κ2) is 10.6. The maximum atomic E-state index is 14.1. The maximum absolute atomic E-state index is 14.1. The first kappa shape index (κ1) is 27.4. The van der Waals surface area contributed by atoms with E-state index in [1.807, 2.05) is 48.5 Å². The lowest BCUT2D eigenvalue weighted by atomic mass is 9.55. The summed E-state index contributed by atoms with van der Waals surface area (Å²) in [6.07, 6.45) is 0. The number of likely N-dealkylation sites (tertiary alicyclic amines) is 1. The summed E-state index contributed by atoms with van der Waals surface area (Å²) in [6.45, 7) is 4.32. The van der Waals surface area contributed by atoms with Gasteiger partial charge in [0.1, 0.15) is 6.04 Å². The molecule has 0 radical (unpaired) electrons. The van der Waals surface area contributed by atoms with E-state index in [9.17, 15) is 24.0 Å². The fraction of sp³-hybridized carbons (Fsp3) is 0.303. The van der Waals surface area contributed by atoms with Gasteiger partial charge < -0.3 is 15.4 Å². The van der Waals surface area contributed by atoms with Crippen molar-refractivity contribution in [2.24, 2.45) is 17.8 Å². The zero-order valence-electron chi connectivity index (χ0n) is 23.5. The number of amides is 4. The predicted octanol–water partition coefficient (Wildman–Crippen LogP) is 4.04. The molecule has 3 aromatic carbocycles. The first-order valence-corrected chi connectivity index (χ1v) is 14.1. The maximum Gasteiger partial charge on any atom is 0.330 e. The van der Waals surface area contributed by atoms with Crippen LogP contribution in [0, 0.1) is 17.8 Å². The summed E-state index contributed by atoms with van der Waals surface area (Å²) in [4.78, 5) is 66.4. The number of esters is 1. The molecule has 1 saturated heterocycles. The molecule has 3 aromatic rings. The second-order valence-electron chi connectivity index (χ2n) is 11.4. The number of imide groups is 1. The van der Waals surface area contributed by atoms with Crippen LogP contribution < -0.4 is 10.6 Å². The van der Waals surface area contributed by atoms with Crippen LogP contribution in [0.4, 0.5) is 11.4 Å². The van der Waals surface area contributed by atoms with Crippen LogP contribution >= 0.6 is 0 Å². The number of benzene rings is 3. The minimum absolute atomic E-state index is 0.214. The number of nitrogens with zero attached hydrogens (tertiary/aromatic N) is 1.